The number of benzene rings is 1. The fourth-order valence-corrected chi connectivity index (χ4v) is 3.55. The molecule has 1 heteroatoms. The predicted octanol–water partition coefficient (Wildman–Crippen LogP) is 4.86. The molecule has 1 nitrogen and oxygen atoms in total. The van der Waals surface area contributed by atoms with E-state index >= 15 is 0 Å². The summed E-state index contributed by atoms with van der Waals surface area (Å²) in [5.41, 5.74) is 9.35. The standard InChI is InChI=1S/C18H29N/c1-3-7-15-9-6-11-17(13-15)18(19)16-10-5-8-14(4-2)12-16/h6,9,11,13-14,16,18H,3-5,7-8,10,12,19H2,1-2H3. The molecule has 1 aliphatic rings. The molecule has 0 spiro atoms. The third kappa shape index (κ3) is 3.82. The Morgan fingerprint density at radius 1 is 1.26 bits per heavy atom. The maximum absolute atomic E-state index is 6.55. The molecule has 0 heterocycles. The molecule has 1 saturated carbocycles. The molecule has 106 valence electrons. The second kappa shape index (κ2) is 7.09. The summed E-state index contributed by atoms with van der Waals surface area (Å²) in [5, 5.41) is 0. The Hall–Kier alpha value is -0.820. The van der Waals surface area contributed by atoms with Gasteiger partial charge in [-0.3, -0.25) is 0 Å². The van der Waals surface area contributed by atoms with Crippen molar-refractivity contribution in [1.82, 2.24) is 0 Å². The van der Waals surface area contributed by atoms with Gasteiger partial charge in [0.15, 0.2) is 0 Å². The van der Waals surface area contributed by atoms with Crippen molar-refractivity contribution in [3.63, 3.8) is 0 Å². The number of hydrogen-bond donors (Lipinski definition) is 1. The van der Waals surface area contributed by atoms with Gasteiger partial charge >= 0.3 is 0 Å². The van der Waals surface area contributed by atoms with Crippen molar-refractivity contribution >= 4 is 0 Å². The molecule has 3 unspecified atom stereocenters. The largest absolute Gasteiger partial charge is 0.324 e. The molecule has 0 aliphatic heterocycles. The molecule has 19 heavy (non-hydrogen) atoms. The second-order valence-electron chi connectivity index (χ2n) is 6.22. The fourth-order valence-electron chi connectivity index (χ4n) is 3.55. The highest BCUT2D eigenvalue weighted by molar-refractivity contribution is 5.26. The second-order valence-corrected chi connectivity index (χ2v) is 6.22. The van der Waals surface area contributed by atoms with Crippen LogP contribution in [0.3, 0.4) is 0 Å². The average Bonchev–Trinajstić information content (AvgIpc) is 2.47. The summed E-state index contributed by atoms with van der Waals surface area (Å²) in [5.74, 6) is 1.60. The molecule has 3 atom stereocenters. The lowest BCUT2D eigenvalue weighted by Crippen LogP contribution is -2.26. The Morgan fingerprint density at radius 3 is 2.84 bits per heavy atom. The molecule has 0 radical (unpaired) electrons. The topological polar surface area (TPSA) is 26.0 Å². The zero-order valence-corrected chi connectivity index (χ0v) is 12.6. The first-order valence-electron chi connectivity index (χ1n) is 8.09. The molecule has 1 aromatic rings. The summed E-state index contributed by atoms with van der Waals surface area (Å²) in [6.07, 6.45) is 9.12. The van der Waals surface area contributed by atoms with Crippen molar-refractivity contribution in [2.45, 2.75) is 64.8 Å². The lowest BCUT2D eigenvalue weighted by atomic mass is 9.75. The van der Waals surface area contributed by atoms with Crippen LogP contribution in [0, 0.1) is 11.8 Å². The van der Waals surface area contributed by atoms with Gasteiger partial charge in [0, 0.05) is 6.04 Å². The van der Waals surface area contributed by atoms with Gasteiger partial charge in [0.1, 0.15) is 0 Å². The van der Waals surface area contributed by atoms with Crippen molar-refractivity contribution in [2.75, 3.05) is 0 Å². The van der Waals surface area contributed by atoms with Gasteiger partial charge in [-0.1, -0.05) is 63.8 Å². The van der Waals surface area contributed by atoms with Gasteiger partial charge in [-0.25, -0.2) is 0 Å². The molecule has 0 amide bonds. The first-order valence-corrected chi connectivity index (χ1v) is 8.09. The Bertz CT molecular complexity index is 385. The molecule has 2 N–H and O–H groups in total. The van der Waals surface area contributed by atoms with E-state index in [-0.39, 0.29) is 6.04 Å². The van der Waals surface area contributed by atoms with E-state index < -0.39 is 0 Å². The molecule has 1 aliphatic carbocycles. The van der Waals surface area contributed by atoms with E-state index in [1.807, 2.05) is 0 Å². The van der Waals surface area contributed by atoms with Crippen LogP contribution >= 0.6 is 0 Å². The molecule has 0 bridgehead atoms. The van der Waals surface area contributed by atoms with Crippen LogP contribution in [-0.2, 0) is 6.42 Å². The Morgan fingerprint density at radius 2 is 2.11 bits per heavy atom. The van der Waals surface area contributed by atoms with Gasteiger partial charge in [0.2, 0.25) is 0 Å². The van der Waals surface area contributed by atoms with Crippen LogP contribution in [0.25, 0.3) is 0 Å². The SMILES string of the molecule is CCCc1cccc(C(N)C2CCCC(CC)C2)c1. The van der Waals surface area contributed by atoms with Crippen LogP contribution in [0.5, 0.6) is 0 Å². The van der Waals surface area contributed by atoms with E-state index in [2.05, 4.69) is 38.1 Å². The molecule has 0 aromatic heterocycles. The van der Waals surface area contributed by atoms with Crippen LogP contribution in [0.15, 0.2) is 24.3 Å². The quantitative estimate of drug-likeness (QED) is 0.803. The zero-order chi connectivity index (χ0) is 13.7. The smallest absolute Gasteiger partial charge is 0.0323 e. The minimum absolute atomic E-state index is 0.242. The lowest BCUT2D eigenvalue weighted by molar-refractivity contribution is 0.230. The average molecular weight is 259 g/mol. The van der Waals surface area contributed by atoms with Crippen molar-refractivity contribution in [3.05, 3.63) is 35.4 Å². The number of aryl methyl sites for hydroxylation is 1. The Balaban J connectivity index is 2.05. The van der Waals surface area contributed by atoms with Crippen molar-refractivity contribution < 1.29 is 0 Å². The normalized spacial score (nSPS) is 25.2. The Labute approximate surface area is 118 Å². The molecule has 2 rings (SSSR count). The van der Waals surface area contributed by atoms with Crippen molar-refractivity contribution in [2.24, 2.45) is 17.6 Å². The van der Waals surface area contributed by atoms with Gasteiger partial charge in [-0.2, -0.15) is 0 Å². The summed E-state index contributed by atoms with van der Waals surface area (Å²) in [7, 11) is 0. The minimum atomic E-state index is 0.242. The van der Waals surface area contributed by atoms with Crippen LogP contribution in [0.2, 0.25) is 0 Å². The van der Waals surface area contributed by atoms with E-state index in [4.69, 9.17) is 5.73 Å². The minimum Gasteiger partial charge on any atom is -0.324 e. The summed E-state index contributed by atoms with van der Waals surface area (Å²) < 4.78 is 0. The van der Waals surface area contributed by atoms with Gasteiger partial charge in [-0.15, -0.1) is 0 Å². The lowest BCUT2D eigenvalue weighted by Gasteiger charge is -2.32. The zero-order valence-electron chi connectivity index (χ0n) is 12.6. The van der Waals surface area contributed by atoms with Gasteiger partial charge in [-0.05, 0) is 42.2 Å². The first-order chi connectivity index (χ1) is 9.24. The van der Waals surface area contributed by atoms with Crippen LogP contribution in [-0.4, -0.2) is 0 Å². The highest BCUT2D eigenvalue weighted by atomic mass is 14.7. The highest BCUT2D eigenvalue weighted by Crippen LogP contribution is 2.37. The van der Waals surface area contributed by atoms with Crippen LogP contribution < -0.4 is 5.73 Å². The van der Waals surface area contributed by atoms with Crippen molar-refractivity contribution in [1.29, 1.82) is 0 Å². The van der Waals surface area contributed by atoms with E-state index in [9.17, 15) is 0 Å². The Kier molecular flexibility index (Phi) is 5.45. The van der Waals surface area contributed by atoms with E-state index in [0.717, 1.165) is 5.92 Å². The molecular weight excluding hydrogens is 230 g/mol. The monoisotopic (exact) mass is 259 g/mol. The number of hydrogen-bond acceptors (Lipinski definition) is 1. The van der Waals surface area contributed by atoms with Gasteiger partial charge < -0.3 is 5.73 Å². The maximum atomic E-state index is 6.55. The molecule has 1 fully saturated rings. The molecule has 0 saturated heterocycles. The van der Waals surface area contributed by atoms with Gasteiger partial charge in [0.05, 0.1) is 0 Å². The predicted molar refractivity (Wildman–Crippen MR) is 83.1 cm³/mol. The molecular formula is C18H29N. The van der Waals surface area contributed by atoms with E-state index in [1.54, 1.807) is 0 Å². The van der Waals surface area contributed by atoms with Gasteiger partial charge in [0.25, 0.3) is 0 Å². The summed E-state index contributed by atoms with van der Waals surface area (Å²) >= 11 is 0. The maximum Gasteiger partial charge on any atom is 0.0323 e. The summed E-state index contributed by atoms with van der Waals surface area (Å²) in [6.45, 7) is 4.56. The fraction of sp³-hybridized carbons (Fsp3) is 0.667. The first kappa shape index (κ1) is 14.6. The number of rotatable bonds is 5. The van der Waals surface area contributed by atoms with E-state index in [0.29, 0.717) is 5.92 Å². The van der Waals surface area contributed by atoms with Crippen LogP contribution in [0.4, 0.5) is 0 Å². The summed E-state index contributed by atoms with van der Waals surface area (Å²) in [4.78, 5) is 0. The molecule has 1 aromatic carbocycles. The summed E-state index contributed by atoms with van der Waals surface area (Å²) in [6, 6.07) is 9.21. The third-order valence-corrected chi connectivity index (χ3v) is 4.78. The van der Waals surface area contributed by atoms with Crippen LogP contribution in [0.1, 0.15) is 69.5 Å². The van der Waals surface area contributed by atoms with E-state index in [1.165, 1.54) is 56.1 Å². The third-order valence-electron chi connectivity index (χ3n) is 4.78. The highest BCUT2D eigenvalue weighted by Gasteiger charge is 2.26. The van der Waals surface area contributed by atoms with Crippen molar-refractivity contribution in [3.8, 4) is 0 Å². The number of nitrogens with two attached hydrogens (primary N) is 1.